The van der Waals surface area contributed by atoms with Crippen molar-refractivity contribution in [2.75, 3.05) is 5.32 Å². The zero-order valence-corrected chi connectivity index (χ0v) is 17.9. The summed E-state index contributed by atoms with van der Waals surface area (Å²) in [5.41, 5.74) is 8.06. The Morgan fingerprint density at radius 3 is 2.65 bits per heavy atom. The second-order valence-corrected chi connectivity index (χ2v) is 8.17. The maximum Gasteiger partial charge on any atom is 0.269 e. The summed E-state index contributed by atoms with van der Waals surface area (Å²) in [6.07, 6.45) is 0. The number of nitro benzene ring substituents is 1. The fraction of sp³-hybridized carbons (Fsp3) is 0.150. The van der Waals surface area contributed by atoms with Gasteiger partial charge in [-0.05, 0) is 36.2 Å². The number of hydrogen-bond donors (Lipinski definition) is 2. The highest BCUT2D eigenvalue weighted by atomic mass is 35.5. The number of anilines is 1. The molecular formula is C20H17ClN6O3S. The number of halogens is 1. The van der Waals surface area contributed by atoms with Crippen molar-refractivity contribution in [2.45, 2.75) is 23.9 Å². The lowest BCUT2D eigenvalue weighted by atomic mass is 9.95. The molecule has 0 saturated carbocycles. The molecule has 1 atom stereocenters. The highest BCUT2D eigenvalue weighted by Gasteiger charge is 2.33. The van der Waals surface area contributed by atoms with Gasteiger partial charge in [-0.15, -0.1) is 5.10 Å². The van der Waals surface area contributed by atoms with E-state index in [0.717, 1.165) is 5.56 Å². The van der Waals surface area contributed by atoms with Crippen LogP contribution in [0.2, 0.25) is 5.02 Å². The number of benzene rings is 2. The van der Waals surface area contributed by atoms with Gasteiger partial charge >= 0.3 is 0 Å². The third-order valence-corrected chi connectivity index (χ3v) is 6.09. The van der Waals surface area contributed by atoms with Gasteiger partial charge in [-0.2, -0.15) is 4.98 Å². The Hall–Kier alpha value is -3.37. The minimum atomic E-state index is -0.656. The Labute approximate surface area is 186 Å². The first kappa shape index (κ1) is 20.9. The number of allylic oxidation sites excluding steroid dienone is 1. The average Bonchev–Trinajstić information content (AvgIpc) is 3.14. The van der Waals surface area contributed by atoms with Gasteiger partial charge in [0, 0.05) is 28.6 Å². The van der Waals surface area contributed by atoms with Crippen LogP contribution in [-0.4, -0.2) is 25.6 Å². The molecule has 4 rings (SSSR count). The van der Waals surface area contributed by atoms with Gasteiger partial charge in [-0.3, -0.25) is 14.9 Å². The van der Waals surface area contributed by atoms with Crippen molar-refractivity contribution in [3.63, 3.8) is 0 Å². The maximum atomic E-state index is 12.2. The summed E-state index contributed by atoms with van der Waals surface area (Å²) in [5.74, 6) is 0.410. The van der Waals surface area contributed by atoms with Crippen molar-refractivity contribution in [3.05, 3.63) is 86.1 Å². The van der Waals surface area contributed by atoms with Gasteiger partial charge < -0.3 is 11.1 Å². The van der Waals surface area contributed by atoms with Crippen molar-refractivity contribution in [1.82, 2.24) is 14.8 Å². The first-order chi connectivity index (χ1) is 14.8. The van der Waals surface area contributed by atoms with Crippen LogP contribution in [0.1, 0.15) is 24.1 Å². The molecule has 0 saturated heterocycles. The van der Waals surface area contributed by atoms with E-state index in [9.17, 15) is 14.9 Å². The van der Waals surface area contributed by atoms with Crippen LogP contribution in [-0.2, 0) is 10.5 Å². The van der Waals surface area contributed by atoms with Crippen LogP contribution >= 0.6 is 23.4 Å². The zero-order chi connectivity index (χ0) is 22.1. The monoisotopic (exact) mass is 456 g/mol. The first-order valence-corrected chi connectivity index (χ1v) is 10.6. The maximum absolute atomic E-state index is 12.2. The number of rotatable bonds is 6. The molecule has 1 aromatic heterocycles. The van der Waals surface area contributed by atoms with Gasteiger partial charge in [0.15, 0.2) is 0 Å². The van der Waals surface area contributed by atoms with E-state index in [-0.39, 0.29) is 5.69 Å². The number of nitrogens with two attached hydrogens (primary N) is 1. The highest BCUT2D eigenvalue weighted by Crippen LogP contribution is 2.37. The number of non-ortho nitro benzene ring substituents is 1. The third kappa shape index (κ3) is 4.12. The quantitative estimate of drug-likeness (QED) is 0.327. The van der Waals surface area contributed by atoms with Crippen molar-refractivity contribution < 1.29 is 9.72 Å². The van der Waals surface area contributed by atoms with Gasteiger partial charge in [0.05, 0.1) is 10.5 Å². The van der Waals surface area contributed by atoms with E-state index in [1.54, 1.807) is 23.7 Å². The Balaban J connectivity index is 1.69. The van der Waals surface area contributed by atoms with Gasteiger partial charge in [0.2, 0.25) is 17.0 Å². The molecule has 2 aromatic carbocycles. The van der Waals surface area contributed by atoms with Crippen LogP contribution < -0.4 is 11.1 Å². The summed E-state index contributed by atoms with van der Waals surface area (Å²) in [5, 5.41) is 19.8. The molecule has 1 aliphatic heterocycles. The predicted octanol–water partition coefficient (Wildman–Crippen LogP) is 3.91. The lowest BCUT2D eigenvalue weighted by molar-refractivity contribution is -0.384. The molecule has 0 bridgehead atoms. The minimum absolute atomic E-state index is 0.0474. The van der Waals surface area contributed by atoms with E-state index in [0.29, 0.717) is 38.7 Å². The normalized spacial score (nSPS) is 15.4. The largest absolute Gasteiger partial charge is 0.366 e. The minimum Gasteiger partial charge on any atom is -0.366 e. The number of thioether (sulfide) groups is 1. The Morgan fingerprint density at radius 1 is 1.29 bits per heavy atom. The summed E-state index contributed by atoms with van der Waals surface area (Å²) >= 11 is 7.63. The van der Waals surface area contributed by atoms with Crippen LogP contribution in [0.5, 0.6) is 0 Å². The Kier molecular flexibility index (Phi) is 5.66. The molecule has 3 aromatic rings. The number of nitrogens with one attached hydrogen (secondary N) is 1. The SMILES string of the molecule is CC1=C(C(N)=O)C(c2ccc([N+](=O)[O-])cc2)n2nc(SCc3ccccc3Cl)nc2N1. The topological polar surface area (TPSA) is 129 Å². The molecule has 3 N–H and O–H groups in total. The van der Waals surface area contributed by atoms with Crippen LogP contribution in [0.3, 0.4) is 0 Å². The number of nitrogens with zero attached hydrogens (tertiary/aromatic N) is 4. The molecule has 2 heterocycles. The first-order valence-electron chi connectivity index (χ1n) is 9.20. The van der Waals surface area contributed by atoms with Crippen LogP contribution in [0.4, 0.5) is 11.6 Å². The summed E-state index contributed by atoms with van der Waals surface area (Å²) in [6.45, 7) is 1.73. The number of carbonyl (C=O) groups excluding carboxylic acids is 1. The second-order valence-electron chi connectivity index (χ2n) is 6.82. The van der Waals surface area contributed by atoms with Crippen LogP contribution in [0, 0.1) is 10.1 Å². The molecule has 31 heavy (non-hydrogen) atoms. The molecular weight excluding hydrogens is 440 g/mol. The standard InChI is InChI=1S/C20H17ClN6O3S/c1-11-16(18(22)28)17(12-6-8-14(9-7-12)27(29)30)26-19(23-11)24-20(25-26)31-10-13-4-2-3-5-15(13)21/h2-9,17H,10H2,1H3,(H2,22,28)(H,23,24,25). The highest BCUT2D eigenvalue weighted by molar-refractivity contribution is 7.98. The number of aromatic nitrogens is 3. The average molecular weight is 457 g/mol. The zero-order valence-electron chi connectivity index (χ0n) is 16.3. The summed E-state index contributed by atoms with van der Waals surface area (Å²) in [6, 6.07) is 12.8. The number of hydrogen-bond acceptors (Lipinski definition) is 7. The van der Waals surface area contributed by atoms with E-state index >= 15 is 0 Å². The van der Waals surface area contributed by atoms with Gasteiger partial charge in [0.1, 0.15) is 6.04 Å². The van der Waals surface area contributed by atoms with Gasteiger partial charge in [-0.1, -0.05) is 41.6 Å². The van der Waals surface area contributed by atoms with Crippen LogP contribution in [0.25, 0.3) is 0 Å². The van der Waals surface area contributed by atoms with E-state index < -0.39 is 16.9 Å². The number of fused-ring (bicyclic) bond motifs is 1. The Morgan fingerprint density at radius 2 is 2.00 bits per heavy atom. The molecule has 0 radical (unpaired) electrons. The lowest BCUT2D eigenvalue weighted by Crippen LogP contribution is -2.31. The fourth-order valence-corrected chi connectivity index (χ4v) is 4.47. The molecule has 1 aliphatic rings. The molecule has 1 unspecified atom stereocenters. The van der Waals surface area contributed by atoms with Gasteiger partial charge in [0.25, 0.3) is 5.69 Å². The smallest absolute Gasteiger partial charge is 0.269 e. The second kappa shape index (κ2) is 8.40. The molecule has 1 amide bonds. The van der Waals surface area contributed by atoms with E-state index in [1.165, 1.54) is 23.9 Å². The van der Waals surface area contributed by atoms with Gasteiger partial charge in [-0.25, -0.2) is 4.68 Å². The third-order valence-electron chi connectivity index (χ3n) is 4.83. The van der Waals surface area contributed by atoms with Crippen molar-refractivity contribution >= 4 is 40.9 Å². The Bertz CT molecular complexity index is 1210. The van der Waals surface area contributed by atoms with Crippen molar-refractivity contribution in [2.24, 2.45) is 5.73 Å². The summed E-state index contributed by atoms with van der Waals surface area (Å²) in [7, 11) is 0. The van der Waals surface area contributed by atoms with Crippen molar-refractivity contribution in [3.8, 4) is 0 Å². The lowest BCUT2D eigenvalue weighted by Gasteiger charge is -2.27. The molecule has 0 spiro atoms. The molecule has 158 valence electrons. The van der Waals surface area contributed by atoms with E-state index in [2.05, 4.69) is 15.4 Å². The summed E-state index contributed by atoms with van der Waals surface area (Å²) < 4.78 is 1.57. The molecule has 0 fully saturated rings. The van der Waals surface area contributed by atoms with Crippen LogP contribution in [0.15, 0.2) is 65.0 Å². The predicted molar refractivity (Wildman–Crippen MR) is 118 cm³/mol. The summed E-state index contributed by atoms with van der Waals surface area (Å²) in [4.78, 5) is 27.3. The number of nitro groups is 1. The number of amides is 1. The number of carbonyl (C=O) groups is 1. The van der Waals surface area contributed by atoms with Crippen molar-refractivity contribution in [1.29, 1.82) is 0 Å². The van der Waals surface area contributed by atoms with E-state index in [4.69, 9.17) is 17.3 Å². The van der Waals surface area contributed by atoms with E-state index in [1.807, 2.05) is 24.3 Å². The molecule has 9 nitrogen and oxygen atoms in total. The fourth-order valence-electron chi connectivity index (χ4n) is 3.36. The number of primary amides is 1. The molecule has 11 heteroatoms. The molecule has 0 aliphatic carbocycles.